The van der Waals surface area contributed by atoms with Crippen molar-refractivity contribution in [3.8, 4) is 0 Å². The lowest BCUT2D eigenvalue weighted by atomic mass is 10.2. The Kier molecular flexibility index (Phi) is 9.80. The summed E-state index contributed by atoms with van der Waals surface area (Å²) in [5, 5.41) is 12.2. The van der Waals surface area contributed by atoms with Gasteiger partial charge in [-0.3, -0.25) is 4.90 Å². The van der Waals surface area contributed by atoms with Gasteiger partial charge >= 0.3 is 12.1 Å². The molecule has 37 heavy (non-hydrogen) atoms. The first kappa shape index (κ1) is 28.7. The Balaban J connectivity index is 0.000000479. The van der Waals surface area contributed by atoms with Crippen molar-refractivity contribution < 1.29 is 23.1 Å². The van der Waals surface area contributed by atoms with Gasteiger partial charge in [0, 0.05) is 48.8 Å². The summed E-state index contributed by atoms with van der Waals surface area (Å²) in [5.41, 5.74) is 2.92. The van der Waals surface area contributed by atoms with Crippen LogP contribution in [0.3, 0.4) is 0 Å². The predicted molar refractivity (Wildman–Crippen MR) is 141 cm³/mol. The zero-order valence-electron chi connectivity index (χ0n) is 20.4. The van der Waals surface area contributed by atoms with Crippen LogP contribution in [-0.4, -0.2) is 64.3 Å². The molecule has 1 atom stereocenters. The number of nitrogens with zero attached hydrogens (tertiary/aromatic N) is 4. The van der Waals surface area contributed by atoms with Crippen LogP contribution >= 0.6 is 23.2 Å². The highest BCUT2D eigenvalue weighted by Crippen LogP contribution is 2.28. The van der Waals surface area contributed by atoms with E-state index in [-0.39, 0.29) is 0 Å². The van der Waals surface area contributed by atoms with Gasteiger partial charge in [-0.1, -0.05) is 42.3 Å². The SMILES string of the molecule is CCC(C)Nc1nc2ccccc2nc1N1CCN(Cc2cc(Cl)ccc2Cl)CC1.O=C(O)C(F)(F)F. The maximum atomic E-state index is 10.6. The Morgan fingerprint density at radius 3 is 2.24 bits per heavy atom. The summed E-state index contributed by atoms with van der Waals surface area (Å²) in [7, 11) is 0. The van der Waals surface area contributed by atoms with Crippen molar-refractivity contribution in [1.82, 2.24) is 14.9 Å². The second-order valence-corrected chi connectivity index (χ2v) is 9.48. The van der Waals surface area contributed by atoms with Gasteiger partial charge in [-0.05, 0) is 49.2 Å². The standard InChI is InChI=1S/C23H27Cl2N5.C2HF3O2/c1-3-16(2)26-22-23(28-21-7-5-4-6-20(21)27-22)30-12-10-29(11-13-30)15-17-14-18(24)8-9-19(17)25;3-2(4,5)1(6)7/h4-9,14,16H,3,10-13,15H2,1-2H3,(H,26,27);(H,6,7). The van der Waals surface area contributed by atoms with Gasteiger partial charge in [-0.2, -0.15) is 13.2 Å². The van der Waals surface area contributed by atoms with Crippen molar-refractivity contribution in [1.29, 1.82) is 0 Å². The van der Waals surface area contributed by atoms with Gasteiger partial charge in [-0.25, -0.2) is 14.8 Å². The Morgan fingerprint density at radius 2 is 1.68 bits per heavy atom. The number of rotatable bonds is 6. The molecule has 200 valence electrons. The van der Waals surface area contributed by atoms with E-state index in [1.807, 2.05) is 42.5 Å². The number of halogens is 5. The monoisotopic (exact) mass is 557 g/mol. The van der Waals surface area contributed by atoms with Crippen LogP contribution in [0.2, 0.25) is 10.0 Å². The number of benzene rings is 2. The minimum absolute atomic E-state index is 0.338. The van der Waals surface area contributed by atoms with E-state index < -0.39 is 12.1 Å². The van der Waals surface area contributed by atoms with Gasteiger partial charge in [0.15, 0.2) is 11.6 Å². The van der Waals surface area contributed by atoms with Gasteiger partial charge in [-0.15, -0.1) is 0 Å². The molecule has 0 radical (unpaired) electrons. The van der Waals surface area contributed by atoms with Crippen LogP contribution in [0.4, 0.5) is 24.8 Å². The summed E-state index contributed by atoms with van der Waals surface area (Å²) in [5.74, 6) is -0.948. The third-order valence-electron chi connectivity index (χ3n) is 5.86. The van der Waals surface area contributed by atoms with E-state index in [1.54, 1.807) is 0 Å². The molecule has 0 saturated carbocycles. The van der Waals surface area contributed by atoms with Crippen molar-refractivity contribution in [2.45, 2.75) is 39.0 Å². The van der Waals surface area contributed by atoms with Crippen LogP contribution < -0.4 is 10.2 Å². The average molecular weight is 558 g/mol. The summed E-state index contributed by atoms with van der Waals surface area (Å²) in [6.45, 7) is 8.79. The number of hydrogen-bond acceptors (Lipinski definition) is 6. The first-order chi connectivity index (χ1) is 17.5. The van der Waals surface area contributed by atoms with Gasteiger partial charge in [0.2, 0.25) is 0 Å². The molecule has 4 rings (SSSR count). The van der Waals surface area contributed by atoms with Gasteiger partial charge in [0.25, 0.3) is 0 Å². The normalized spacial score (nSPS) is 15.2. The molecule has 1 fully saturated rings. The molecule has 0 spiro atoms. The van der Waals surface area contributed by atoms with Crippen LogP contribution in [-0.2, 0) is 11.3 Å². The van der Waals surface area contributed by atoms with Crippen LogP contribution in [0.1, 0.15) is 25.8 Å². The molecular formula is C25H28Cl2F3N5O2. The Bertz CT molecular complexity index is 1220. The first-order valence-corrected chi connectivity index (χ1v) is 12.5. The summed E-state index contributed by atoms with van der Waals surface area (Å²) < 4.78 is 31.7. The largest absolute Gasteiger partial charge is 0.490 e. The summed E-state index contributed by atoms with van der Waals surface area (Å²) in [6, 6.07) is 14.0. The number of fused-ring (bicyclic) bond motifs is 1. The topological polar surface area (TPSA) is 81.6 Å². The Labute approximate surface area is 223 Å². The number of piperazine rings is 1. The smallest absolute Gasteiger partial charge is 0.475 e. The molecule has 3 aromatic rings. The first-order valence-electron chi connectivity index (χ1n) is 11.7. The van der Waals surface area contributed by atoms with E-state index in [0.717, 1.165) is 77.4 Å². The van der Waals surface area contributed by atoms with Crippen molar-refractivity contribution in [2.24, 2.45) is 0 Å². The minimum Gasteiger partial charge on any atom is -0.475 e. The quantitative estimate of drug-likeness (QED) is 0.378. The summed E-state index contributed by atoms with van der Waals surface area (Å²) in [4.78, 5) is 23.5. The molecule has 1 aliphatic rings. The number of aromatic nitrogens is 2. The number of carboxylic acid groups (broad SMARTS) is 1. The number of nitrogens with one attached hydrogen (secondary N) is 1. The van der Waals surface area contributed by atoms with Crippen molar-refractivity contribution in [3.63, 3.8) is 0 Å². The minimum atomic E-state index is -5.08. The lowest BCUT2D eigenvalue weighted by Crippen LogP contribution is -2.46. The maximum Gasteiger partial charge on any atom is 0.490 e. The maximum absolute atomic E-state index is 10.6. The number of aliphatic carboxylic acids is 1. The van der Waals surface area contributed by atoms with Crippen molar-refractivity contribution in [3.05, 3.63) is 58.1 Å². The van der Waals surface area contributed by atoms with Crippen molar-refractivity contribution >= 4 is 51.8 Å². The fraction of sp³-hybridized carbons (Fsp3) is 0.400. The molecule has 1 unspecified atom stereocenters. The number of hydrogen-bond donors (Lipinski definition) is 2. The Morgan fingerprint density at radius 1 is 1.08 bits per heavy atom. The molecule has 0 aliphatic carbocycles. The molecule has 1 saturated heterocycles. The molecule has 2 N–H and O–H groups in total. The number of carbonyl (C=O) groups is 1. The highest BCUT2D eigenvalue weighted by atomic mass is 35.5. The van der Waals surface area contributed by atoms with Crippen LogP contribution in [0, 0.1) is 0 Å². The van der Waals surface area contributed by atoms with Crippen LogP contribution in [0.5, 0.6) is 0 Å². The zero-order chi connectivity index (χ0) is 27.2. The third kappa shape index (κ3) is 8.08. The van der Waals surface area contributed by atoms with Crippen LogP contribution in [0.15, 0.2) is 42.5 Å². The molecule has 1 aromatic heterocycles. The number of para-hydroxylation sites is 2. The molecular weight excluding hydrogens is 530 g/mol. The highest BCUT2D eigenvalue weighted by molar-refractivity contribution is 6.33. The van der Waals surface area contributed by atoms with Crippen molar-refractivity contribution in [2.75, 3.05) is 36.4 Å². The number of carboxylic acids is 1. The van der Waals surface area contributed by atoms with Gasteiger partial charge < -0.3 is 15.3 Å². The van der Waals surface area contributed by atoms with Gasteiger partial charge in [0.1, 0.15) is 0 Å². The molecule has 0 bridgehead atoms. The molecule has 7 nitrogen and oxygen atoms in total. The molecule has 12 heteroatoms. The summed E-state index contributed by atoms with van der Waals surface area (Å²) in [6.07, 6.45) is -4.05. The third-order valence-corrected chi connectivity index (χ3v) is 6.47. The van der Waals surface area contributed by atoms with E-state index >= 15 is 0 Å². The zero-order valence-corrected chi connectivity index (χ0v) is 21.9. The lowest BCUT2D eigenvalue weighted by molar-refractivity contribution is -0.192. The lowest BCUT2D eigenvalue weighted by Gasteiger charge is -2.36. The Hall–Kier alpha value is -2.82. The molecule has 1 aliphatic heterocycles. The van der Waals surface area contributed by atoms with E-state index in [2.05, 4.69) is 29.0 Å². The summed E-state index contributed by atoms with van der Waals surface area (Å²) >= 11 is 12.5. The van der Waals surface area contributed by atoms with E-state index in [9.17, 15) is 13.2 Å². The van der Waals surface area contributed by atoms with E-state index in [4.69, 9.17) is 43.1 Å². The second-order valence-electron chi connectivity index (χ2n) is 8.64. The average Bonchev–Trinajstić information content (AvgIpc) is 2.86. The fourth-order valence-corrected chi connectivity index (χ4v) is 4.04. The van der Waals surface area contributed by atoms with Crippen LogP contribution in [0.25, 0.3) is 11.0 Å². The fourth-order valence-electron chi connectivity index (χ4n) is 3.67. The molecule has 0 amide bonds. The molecule has 2 heterocycles. The highest BCUT2D eigenvalue weighted by Gasteiger charge is 2.38. The second kappa shape index (κ2) is 12.6. The number of alkyl halides is 3. The predicted octanol–water partition coefficient (Wildman–Crippen LogP) is 6.10. The van der Waals surface area contributed by atoms with E-state index in [1.165, 1.54) is 0 Å². The van der Waals surface area contributed by atoms with Gasteiger partial charge in [0.05, 0.1) is 11.0 Å². The molecule has 2 aromatic carbocycles. The van der Waals surface area contributed by atoms with E-state index in [0.29, 0.717) is 6.04 Å². The number of anilines is 2.